The Morgan fingerprint density at radius 3 is 2.50 bits per heavy atom. The van der Waals surface area contributed by atoms with Crippen molar-refractivity contribution < 1.29 is 23.5 Å². The van der Waals surface area contributed by atoms with E-state index >= 15 is 0 Å². The molecule has 0 saturated carbocycles. The minimum Gasteiger partial charge on any atom is -0.459 e. The van der Waals surface area contributed by atoms with Crippen LogP contribution in [0.3, 0.4) is 0 Å². The molecule has 2 amide bonds. The summed E-state index contributed by atoms with van der Waals surface area (Å²) >= 11 is 0. The molecule has 1 heterocycles. The Hall–Kier alpha value is -3.87. The van der Waals surface area contributed by atoms with Crippen molar-refractivity contribution in [2.24, 2.45) is 0 Å². The maximum absolute atomic E-state index is 12.3. The van der Waals surface area contributed by atoms with Crippen molar-refractivity contribution in [3.05, 3.63) is 89.4 Å². The zero-order valence-electron chi connectivity index (χ0n) is 16.7. The topological polar surface area (TPSA) is 97.6 Å². The van der Waals surface area contributed by atoms with Gasteiger partial charge in [0.05, 0.1) is 17.9 Å². The van der Waals surface area contributed by atoms with Gasteiger partial charge in [-0.05, 0) is 49.2 Å². The Morgan fingerprint density at radius 2 is 1.80 bits per heavy atom. The van der Waals surface area contributed by atoms with Crippen LogP contribution >= 0.6 is 0 Å². The van der Waals surface area contributed by atoms with Gasteiger partial charge >= 0.3 is 5.97 Å². The van der Waals surface area contributed by atoms with Crippen molar-refractivity contribution in [2.45, 2.75) is 19.9 Å². The van der Waals surface area contributed by atoms with Crippen LogP contribution in [0.4, 0.5) is 5.69 Å². The van der Waals surface area contributed by atoms with E-state index in [9.17, 15) is 14.4 Å². The quantitative estimate of drug-likeness (QED) is 0.581. The van der Waals surface area contributed by atoms with Gasteiger partial charge < -0.3 is 19.8 Å². The third kappa shape index (κ3) is 5.35. The number of furan rings is 1. The number of esters is 1. The largest absolute Gasteiger partial charge is 0.459 e. The molecule has 0 bridgehead atoms. The lowest BCUT2D eigenvalue weighted by Crippen LogP contribution is -2.31. The molecule has 0 spiro atoms. The lowest BCUT2D eigenvalue weighted by Gasteiger charge is -2.14. The second-order valence-electron chi connectivity index (χ2n) is 6.74. The molecule has 0 aliphatic heterocycles. The highest BCUT2D eigenvalue weighted by Gasteiger charge is 2.16. The minimum atomic E-state index is -0.661. The van der Waals surface area contributed by atoms with Crippen LogP contribution < -0.4 is 10.6 Å². The molecule has 7 heteroatoms. The maximum atomic E-state index is 12.3. The molecule has 0 radical (unpaired) electrons. The molecule has 0 saturated heterocycles. The number of hydrogen-bond donors (Lipinski definition) is 2. The van der Waals surface area contributed by atoms with Crippen LogP contribution in [0, 0.1) is 6.92 Å². The summed E-state index contributed by atoms with van der Waals surface area (Å²) in [5.74, 6) is -1.33. The summed E-state index contributed by atoms with van der Waals surface area (Å²) in [5.41, 5.74) is 2.39. The minimum absolute atomic E-state index is 0.159. The smallest absolute Gasteiger partial charge is 0.338 e. The lowest BCUT2D eigenvalue weighted by atomic mass is 10.1. The molecule has 7 nitrogen and oxygen atoms in total. The van der Waals surface area contributed by atoms with Crippen LogP contribution in [0.1, 0.15) is 45.0 Å². The number of carbonyl (C=O) groups is 3. The second-order valence-corrected chi connectivity index (χ2v) is 6.74. The first-order chi connectivity index (χ1) is 14.4. The Bertz CT molecular complexity index is 1030. The van der Waals surface area contributed by atoms with Crippen molar-refractivity contribution >= 4 is 23.5 Å². The first-order valence-electron chi connectivity index (χ1n) is 9.41. The van der Waals surface area contributed by atoms with Crippen molar-refractivity contribution in [1.29, 1.82) is 0 Å². The van der Waals surface area contributed by atoms with Gasteiger partial charge in [0.15, 0.2) is 12.4 Å². The molecule has 0 aliphatic rings. The van der Waals surface area contributed by atoms with Gasteiger partial charge in [-0.15, -0.1) is 0 Å². The Morgan fingerprint density at radius 1 is 1.03 bits per heavy atom. The highest BCUT2D eigenvalue weighted by molar-refractivity contribution is 6.03. The monoisotopic (exact) mass is 406 g/mol. The van der Waals surface area contributed by atoms with Crippen molar-refractivity contribution in [1.82, 2.24) is 5.32 Å². The molecular weight excluding hydrogens is 384 g/mol. The van der Waals surface area contributed by atoms with Crippen molar-refractivity contribution in [3.8, 4) is 0 Å². The number of rotatable bonds is 7. The van der Waals surface area contributed by atoms with Crippen molar-refractivity contribution in [2.75, 3.05) is 11.9 Å². The molecule has 0 aliphatic carbocycles. The van der Waals surface area contributed by atoms with E-state index in [1.807, 2.05) is 37.3 Å². The van der Waals surface area contributed by atoms with Gasteiger partial charge in [-0.25, -0.2) is 4.79 Å². The van der Waals surface area contributed by atoms with Crippen LogP contribution in [-0.2, 0) is 9.53 Å². The van der Waals surface area contributed by atoms with Crippen LogP contribution in [0.2, 0.25) is 0 Å². The van der Waals surface area contributed by atoms with E-state index in [-0.39, 0.29) is 17.4 Å². The van der Waals surface area contributed by atoms with Gasteiger partial charge in [0.2, 0.25) is 0 Å². The van der Waals surface area contributed by atoms with Gasteiger partial charge in [0.1, 0.15) is 0 Å². The fourth-order valence-electron chi connectivity index (χ4n) is 2.80. The molecule has 3 rings (SSSR count). The number of anilines is 1. The number of ether oxygens (including phenoxy) is 1. The highest BCUT2D eigenvalue weighted by atomic mass is 16.5. The van der Waals surface area contributed by atoms with Gasteiger partial charge in [-0.2, -0.15) is 0 Å². The predicted octanol–water partition coefficient (Wildman–Crippen LogP) is 3.87. The van der Waals surface area contributed by atoms with Crippen LogP contribution in [-0.4, -0.2) is 24.4 Å². The average molecular weight is 406 g/mol. The zero-order chi connectivity index (χ0) is 21.5. The molecule has 2 aromatic carbocycles. The van der Waals surface area contributed by atoms with Gasteiger partial charge in [-0.1, -0.05) is 36.4 Å². The van der Waals surface area contributed by atoms with Crippen LogP contribution in [0.15, 0.2) is 71.3 Å². The summed E-state index contributed by atoms with van der Waals surface area (Å²) in [4.78, 5) is 36.6. The molecule has 1 aromatic heterocycles. The zero-order valence-corrected chi connectivity index (χ0v) is 16.7. The van der Waals surface area contributed by atoms with E-state index in [1.165, 1.54) is 18.4 Å². The molecule has 30 heavy (non-hydrogen) atoms. The fourth-order valence-corrected chi connectivity index (χ4v) is 2.80. The summed E-state index contributed by atoms with van der Waals surface area (Å²) in [6.07, 6.45) is 1.40. The summed E-state index contributed by atoms with van der Waals surface area (Å²) in [6, 6.07) is 17.2. The van der Waals surface area contributed by atoms with Crippen LogP contribution in [0.25, 0.3) is 0 Å². The highest BCUT2D eigenvalue weighted by Crippen LogP contribution is 2.19. The molecule has 154 valence electrons. The maximum Gasteiger partial charge on any atom is 0.338 e. The predicted molar refractivity (Wildman–Crippen MR) is 111 cm³/mol. The van der Waals surface area contributed by atoms with E-state index in [0.29, 0.717) is 5.69 Å². The van der Waals surface area contributed by atoms with E-state index in [2.05, 4.69) is 10.6 Å². The fraction of sp³-hybridized carbons (Fsp3) is 0.174. The summed E-state index contributed by atoms with van der Waals surface area (Å²) in [7, 11) is 0. The molecule has 1 atom stereocenters. The normalized spacial score (nSPS) is 11.4. The van der Waals surface area contributed by atoms with E-state index in [4.69, 9.17) is 9.15 Å². The first kappa shape index (κ1) is 20.9. The second kappa shape index (κ2) is 9.56. The van der Waals surface area contributed by atoms with Gasteiger partial charge in [-0.3, -0.25) is 9.59 Å². The number of hydrogen-bond acceptors (Lipinski definition) is 5. The first-order valence-corrected chi connectivity index (χ1v) is 9.41. The number of aryl methyl sites for hydroxylation is 1. The summed E-state index contributed by atoms with van der Waals surface area (Å²) < 4.78 is 10.2. The number of benzene rings is 2. The summed E-state index contributed by atoms with van der Waals surface area (Å²) in [5, 5.41) is 5.48. The molecule has 0 unspecified atom stereocenters. The van der Waals surface area contributed by atoms with E-state index in [0.717, 1.165) is 11.1 Å². The van der Waals surface area contributed by atoms with E-state index < -0.39 is 24.4 Å². The van der Waals surface area contributed by atoms with Crippen LogP contribution in [0.5, 0.6) is 0 Å². The Kier molecular flexibility index (Phi) is 6.64. The molecular formula is C23H22N2O5. The molecule has 0 fully saturated rings. The third-order valence-corrected chi connectivity index (χ3v) is 4.48. The Labute approximate surface area is 174 Å². The lowest BCUT2D eigenvalue weighted by molar-refractivity contribution is -0.124. The van der Waals surface area contributed by atoms with E-state index in [1.54, 1.807) is 25.1 Å². The third-order valence-electron chi connectivity index (χ3n) is 4.48. The van der Waals surface area contributed by atoms with Gasteiger partial charge in [0.25, 0.3) is 11.8 Å². The number of carbonyl (C=O) groups excluding carboxylic acids is 3. The van der Waals surface area contributed by atoms with Gasteiger partial charge in [0, 0.05) is 5.69 Å². The summed E-state index contributed by atoms with van der Waals surface area (Å²) in [6.45, 7) is 3.24. The standard InChI is InChI=1S/C23H22N2O5/c1-15-10-11-18(13-19(15)25-22(27)20-9-6-12-29-20)23(28)30-14-21(26)24-16(2)17-7-4-3-5-8-17/h3-13,16H,14H2,1-2H3,(H,24,26)(H,25,27)/t16-/m0/s1. The number of nitrogens with one attached hydrogen (secondary N) is 2. The molecule has 3 aromatic rings. The van der Waals surface area contributed by atoms with Crippen molar-refractivity contribution in [3.63, 3.8) is 0 Å². The SMILES string of the molecule is Cc1ccc(C(=O)OCC(=O)N[C@@H](C)c2ccccc2)cc1NC(=O)c1ccco1. The average Bonchev–Trinajstić information content (AvgIpc) is 3.29. The molecule has 2 N–H and O–H groups in total. The Balaban J connectivity index is 1.57. The number of amides is 2.